The number of ketones is 1. The molecule has 0 aliphatic carbocycles. The molecule has 0 spiro atoms. The second-order valence-corrected chi connectivity index (χ2v) is 4.87. The van der Waals surface area contributed by atoms with Gasteiger partial charge in [0.2, 0.25) is 5.78 Å². The normalized spacial score (nSPS) is 11.7. The maximum absolute atomic E-state index is 12.1. The van der Waals surface area contributed by atoms with Gasteiger partial charge in [0.25, 0.3) is 0 Å². The molecule has 1 unspecified atom stereocenters. The first-order valence-electron chi connectivity index (χ1n) is 6.28. The van der Waals surface area contributed by atoms with Crippen LogP contribution in [0.5, 0.6) is 5.75 Å². The zero-order valence-electron chi connectivity index (χ0n) is 11.2. The fourth-order valence-electron chi connectivity index (χ4n) is 1.77. The lowest BCUT2D eigenvalue weighted by Gasteiger charge is -2.13. The van der Waals surface area contributed by atoms with Gasteiger partial charge in [0, 0.05) is 10.6 Å². The largest absolute Gasteiger partial charge is 0.507 e. The van der Waals surface area contributed by atoms with E-state index in [1.165, 1.54) is 19.1 Å². The second kappa shape index (κ2) is 6.41. The molecule has 1 N–H and O–H groups in total. The topological polar surface area (TPSA) is 63.6 Å². The number of phenols is 1. The Bertz CT molecular complexity index is 664. The fraction of sp³-hybridized carbons (Fsp3) is 0.125. The van der Waals surface area contributed by atoms with E-state index >= 15 is 0 Å². The first kappa shape index (κ1) is 15.1. The van der Waals surface area contributed by atoms with Crippen molar-refractivity contribution in [2.24, 2.45) is 0 Å². The predicted octanol–water partition coefficient (Wildman–Crippen LogP) is 3.47. The summed E-state index contributed by atoms with van der Waals surface area (Å²) in [5.41, 5.74) is 0.422. The van der Waals surface area contributed by atoms with Crippen molar-refractivity contribution in [1.82, 2.24) is 0 Å². The highest BCUT2D eigenvalue weighted by molar-refractivity contribution is 6.30. The number of para-hydroxylation sites is 1. The minimum atomic E-state index is -0.960. The molecule has 0 heterocycles. The van der Waals surface area contributed by atoms with E-state index in [4.69, 9.17) is 16.3 Å². The van der Waals surface area contributed by atoms with Crippen LogP contribution in [0, 0.1) is 0 Å². The van der Waals surface area contributed by atoms with Crippen molar-refractivity contribution in [2.75, 3.05) is 0 Å². The molecule has 0 aromatic heterocycles. The Morgan fingerprint density at radius 3 is 2.33 bits per heavy atom. The molecular formula is C16H13ClO4. The number of halogens is 1. The van der Waals surface area contributed by atoms with Crippen molar-refractivity contribution in [3.63, 3.8) is 0 Å². The molecule has 0 saturated heterocycles. The zero-order valence-corrected chi connectivity index (χ0v) is 12.0. The number of carbonyl (C=O) groups excluding carboxylic acids is 2. The first-order valence-corrected chi connectivity index (χ1v) is 6.65. The van der Waals surface area contributed by atoms with Gasteiger partial charge in [0.15, 0.2) is 6.10 Å². The maximum atomic E-state index is 12.1. The van der Waals surface area contributed by atoms with Crippen LogP contribution in [0.15, 0.2) is 48.5 Å². The SMILES string of the molecule is CC(OC(=O)c1ccccc1O)C(=O)c1ccc(Cl)cc1. The van der Waals surface area contributed by atoms with E-state index in [0.717, 1.165) is 0 Å². The lowest BCUT2D eigenvalue weighted by Crippen LogP contribution is -2.24. The summed E-state index contributed by atoms with van der Waals surface area (Å²) in [7, 11) is 0. The van der Waals surface area contributed by atoms with Gasteiger partial charge in [-0.3, -0.25) is 4.79 Å². The van der Waals surface area contributed by atoms with Crippen molar-refractivity contribution in [1.29, 1.82) is 0 Å². The number of esters is 1. The number of hydrogen-bond acceptors (Lipinski definition) is 4. The van der Waals surface area contributed by atoms with E-state index in [9.17, 15) is 14.7 Å². The Morgan fingerprint density at radius 1 is 1.10 bits per heavy atom. The summed E-state index contributed by atoms with van der Waals surface area (Å²) in [5, 5.41) is 10.1. The van der Waals surface area contributed by atoms with Crippen LogP contribution in [0.4, 0.5) is 0 Å². The minimum absolute atomic E-state index is 0.0215. The molecule has 21 heavy (non-hydrogen) atoms. The summed E-state index contributed by atoms with van der Waals surface area (Å²) < 4.78 is 5.08. The molecule has 0 aliphatic heterocycles. The van der Waals surface area contributed by atoms with E-state index in [0.29, 0.717) is 10.6 Å². The third-order valence-electron chi connectivity index (χ3n) is 2.91. The summed E-state index contributed by atoms with van der Waals surface area (Å²) in [5.74, 6) is -1.27. The van der Waals surface area contributed by atoms with Crippen molar-refractivity contribution in [2.45, 2.75) is 13.0 Å². The van der Waals surface area contributed by atoms with Gasteiger partial charge in [-0.25, -0.2) is 4.79 Å². The highest BCUT2D eigenvalue weighted by Crippen LogP contribution is 2.18. The molecule has 0 fully saturated rings. The molecule has 2 aromatic rings. The summed E-state index contributed by atoms with van der Waals surface area (Å²) in [4.78, 5) is 24.0. The third-order valence-corrected chi connectivity index (χ3v) is 3.16. The van der Waals surface area contributed by atoms with Gasteiger partial charge in [-0.2, -0.15) is 0 Å². The van der Waals surface area contributed by atoms with Crippen molar-refractivity contribution in [3.8, 4) is 5.75 Å². The molecule has 0 aliphatic rings. The molecule has 0 saturated carbocycles. The number of benzene rings is 2. The lowest BCUT2D eigenvalue weighted by molar-refractivity contribution is 0.0316. The van der Waals surface area contributed by atoms with Gasteiger partial charge in [0.05, 0.1) is 0 Å². The summed E-state index contributed by atoms with van der Waals surface area (Å²) in [6.45, 7) is 1.48. The summed E-state index contributed by atoms with van der Waals surface area (Å²) >= 11 is 5.75. The van der Waals surface area contributed by atoms with Crippen molar-refractivity contribution in [3.05, 3.63) is 64.7 Å². The minimum Gasteiger partial charge on any atom is -0.507 e. The number of aromatic hydroxyl groups is 1. The second-order valence-electron chi connectivity index (χ2n) is 4.44. The van der Waals surface area contributed by atoms with Gasteiger partial charge < -0.3 is 9.84 Å². The monoisotopic (exact) mass is 304 g/mol. The molecular weight excluding hydrogens is 292 g/mol. The standard InChI is InChI=1S/C16H13ClO4/c1-10(15(19)11-6-8-12(17)9-7-11)21-16(20)13-4-2-3-5-14(13)18/h2-10,18H,1H3. The quantitative estimate of drug-likeness (QED) is 0.694. The third kappa shape index (κ3) is 3.61. The molecule has 108 valence electrons. The highest BCUT2D eigenvalue weighted by atomic mass is 35.5. The first-order chi connectivity index (χ1) is 9.99. The fourth-order valence-corrected chi connectivity index (χ4v) is 1.90. The Hall–Kier alpha value is -2.33. The van der Waals surface area contributed by atoms with E-state index in [1.807, 2.05) is 0 Å². The van der Waals surface area contributed by atoms with Crippen LogP contribution in [0.3, 0.4) is 0 Å². The van der Waals surface area contributed by atoms with Gasteiger partial charge in [-0.15, -0.1) is 0 Å². The van der Waals surface area contributed by atoms with Crippen LogP contribution < -0.4 is 0 Å². The number of Topliss-reactive ketones (excluding diaryl/α,β-unsaturated/α-hetero) is 1. The molecule has 5 heteroatoms. The summed E-state index contributed by atoms with van der Waals surface area (Å²) in [6.07, 6.45) is -0.960. The van der Waals surface area contributed by atoms with Crippen LogP contribution in [0.2, 0.25) is 5.02 Å². The lowest BCUT2D eigenvalue weighted by atomic mass is 10.1. The predicted molar refractivity (Wildman–Crippen MR) is 78.8 cm³/mol. The Balaban J connectivity index is 2.09. The van der Waals surface area contributed by atoms with Crippen molar-refractivity contribution >= 4 is 23.4 Å². The van der Waals surface area contributed by atoms with E-state index < -0.39 is 12.1 Å². The highest BCUT2D eigenvalue weighted by Gasteiger charge is 2.21. The van der Waals surface area contributed by atoms with Gasteiger partial charge >= 0.3 is 5.97 Å². The smallest absolute Gasteiger partial charge is 0.342 e. The average Bonchev–Trinajstić information content (AvgIpc) is 2.47. The van der Waals surface area contributed by atoms with Crippen LogP contribution in [-0.2, 0) is 4.74 Å². The molecule has 0 bridgehead atoms. The summed E-state index contributed by atoms with van der Waals surface area (Å²) in [6, 6.07) is 12.3. The molecule has 0 radical (unpaired) electrons. The maximum Gasteiger partial charge on any atom is 0.342 e. The molecule has 1 atom stereocenters. The van der Waals surface area contributed by atoms with Gasteiger partial charge in [0.1, 0.15) is 11.3 Å². The number of rotatable bonds is 4. The average molecular weight is 305 g/mol. The Morgan fingerprint density at radius 2 is 1.71 bits per heavy atom. The number of ether oxygens (including phenoxy) is 1. The van der Waals surface area contributed by atoms with Gasteiger partial charge in [-0.05, 0) is 43.3 Å². The van der Waals surface area contributed by atoms with Gasteiger partial charge in [-0.1, -0.05) is 23.7 Å². The Kier molecular flexibility index (Phi) is 4.60. The molecule has 4 nitrogen and oxygen atoms in total. The number of carbonyl (C=O) groups is 2. The van der Waals surface area contributed by atoms with Crippen LogP contribution >= 0.6 is 11.6 Å². The van der Waals surface area contributed by atoms with Crippen LogP contribution in [-0.4, -0.2) is 23.0 Å². The number of phenolic OH excluding ortho intramolecular Hbond substituents is 1. The number of hydrogen-bond donors (Lipinski definition) is 1. The Labute approximate surface area is 126 Å². The molecule has 2 rings (SSSR count). The van der Waals surface area contributed by atoms with Crippen LogP contribution in [0.1, 0.15) is 27.6 Å². The van der Waals surface area contributed by atoms with E-state index in [2.05, 4.69) is 0 Å². The van der Waals surface area contributed by atoms with Crippen LogP contribution in [0.25, 0.3) is 0 Å². The van der Waals surface area contributed by atoms with Crippen molar-refractivity contribution < 1.29 is 19.4 Å². The molecule has 0 amide bonds. The van der Waals surface area contributed by atoms with E-state index in [-0.39, 0.29) is 17.1 Å². The van der Waals surface area contributed by atoms with E-state index in [1.54, 1.807) is 36.4 Å². The molecule has 2 aromatic carbocycles. The zero-order chi connectivity index (χ0) is 15.4.